The van der Waals surface area contributed by atoms with E-state index in [1.165, 1.54) is 18.3 Å². The summed E-state index contributed by atoms with van der Waals surface area (Å²) in [5, 5.41) is 15.3. The van der Waals surface area contributed by atoms with Crippen molar-refractivity contribution in [1.29, 1.82) is 0 Å². The highest BCUT2D eigenvalue weighted by molar-refractivity contribution is 6.36. The van der Waals surface area contributed by atoms with E-state index in [-0.39, 0.29) is 16.3 Å². The second kappa shape index (κ2) is 9.11. The fourth-order valence-electron chi connectivity index (χ4n) is 2.57. The molecule has 0 saturated heterocycles. The summed E-state index contributed by atoms with van der Waals surface area (Å²) in [6.07, 6.45) is 1.97. The van der Waals surface area contributed by atoms with Crippen LogP contribution < -0.4 is 5.43 Å². The Kier molecular flexibility index (Phi) is 6.57. The largest absolute Gasteiger partial charge is 0.507 e. The predicted molar refractivity (Wildman–Crippen MR) is 114 cm³/mol. The molecule has 1 amide bonds. The molecule has 142 valence electrons. The summed E-state index contributed by atoms with van der Waals surface area (Å²) < 4.78 is 0. The van der Waals surface area contributed by atoms with E-state index in [1.54, 1.807) is 18.2 Å². The van der Waals surface area contributed by atoms with E-state index in [0.29, 0.717) is 22.0 Å². The van der Waals surface area contributed by atoms with Gasteiger partial charge in [0.05, 0.1) is 16.8 Å². The normalized spacial score (nSPS) is 11.0. The number of nitrogens with zero attached hydrogens (tertiary/aromatic N) is 1. The van der Waals surface area contributed by atoms with Crippen molar-refractivity contribution in [2.24, 2.45) is 5.10 Å². The van der Waals surface area contributed by atoms with Crippen LogP contribution >= 0.6 is 34.8 Å². The summed E-state index contributed by atoms with van der Waals surface area (Å²) in [6, 6.07) is 17.3. The number of benzene rings is 3. The molecule has 7 heteroatoms. The SMILES string of the molecule is O=C(NN=Cc1cc(Cc2ccccc2Cl)ccc1O)c1ccc(Cl)cc1Cl. The number of rotatable bonds is 5. The van der Waals surface area contributed by atoms with E-state index in [9.17, 15) is 9.90 Å². The first kappa shape index (κ1) is 20.2. The molecule has 0 spiro atoms. The molecule has 0 aliphatic heterocycles. The van der Waals surface area contributed by atoms with Crippen molar-refractivity contribution in [3.8, 4) is 5.75 Å². The number of halogens is 3. The molecule has 0 saturated carbocycles. The van der Waals surface area contributed by atoms with Gasteiger partial charge in [0.1, 0.15) is 5.75 Å². The van der Waals surface area contributed by atoms with Gasteiger partial charge in [0.2, 0.25) is 0 Å². The number of amides is 1. The summed E-state index contributed by atoms with van der Waals surface area (Å²) >= 11 is 18.0. The molecule has 2 N–H and O–H groups in total. The van der Waals surface area contributed by atoms with Crippen molar-refractivity contribution < 1.29 is 9.90 Å². The Labute approximate surface area is 177 Å². The zero-order valence-electron chi connectivity index (χ0n) is 14.5. The maximum absolute atomic E-state index is 12.2. The topological polar surface area (TPSA) is 61.7 Å². The lowest BCUT2D eigenvalue weighted by atomic mass is 10.0. The summed E-state index contributed by atoms with van der Waals surface area (Å²) in [4.78, 5) is 12.2. The second-order valence-electron chi connectivity index (χ2n) is 5.98. The minimum Gasteiger partial charge on any atom is -0.507 e. The monoisotopic (exact) mass is 432 g/mol. The van der Waals surface area contributed by atoms with Crippen LogP contribution in [0, 0.1) is 0 Å². The zero-order chi connectivity index (χ0) is 20.1. The molecular formula is C21H15Cl3N2O2. The average molecular weight is 434 g/mol. The van der Waals surface area contributed by atoms with Gasteiger partial charge in [-0.1, -0.05) is 59.1 Å². The smallest absolute Gasteiger partial charge is 0.272 e. The number of carbonyl (C=O) groups is 1. The first-order chi connectivity index (χ1) is 13.4. The van der Waals surface area contributed by atoms with Gasteiger partial charge in [-0.2, -0.15) is 5.10 Å². The third-order valence-corrected chi connectivity index (χ3v) is 4.91. The van der Waals surface area contributed by atoms with E-state index in [2.05, 4.69) is 10.5 Å². The van der Waals surface area contributed by atoms with E-state index in [1.807, 2.05) is 30.3 Å². The number of aromatic hydroxyl groups is 1. The summed E-state index contributed by atoms with van der Waals surface area (Å²) in [6.45, 7) is 0. The van der Waals surface area contributed by atoms with E-state index >= 15 is 0 Å². The molecule has 3 aromatic rings. The Morgan fingerprint density at radius 2 is 1.79 bits per heavy atom. The predicted octanol–water partition coefficient (Wildman–Crippen LogP) is 5.71. The van der Waals surface area contributed by atoms with Crippen LogP contribution in [0.3, 0.4) is 0 Å². The number of hydrazone groups is 1. The van der Waals surface area contributed by atoms with Crippen molar-refractivity contribution in [3.63, 3.8) is 0 Å². The molecule has 0 unspecified atom stereocenters. The van der Waals surface area contributed by atoms with Gasteiger partial charge in [0.25, 0.3) is 5.91 Å². The maximum atomic E-state index is 12.2. The molecule has 0 aromatic heterocycles. The lowest BCUT2D eigenvalue weighted by Crippen LogP contribution is -2.18. The molecule has 0 bridgehead atoms. The second-order valence-corrected chi connectivity index (χ2v) is 7.24. The van der Waals surface area contributed by atoms with Gasteiger partial charge in [-0.15, -0.1) is 0 Å². The number of phenols is 1. The number of phenolic OH excluding ortho intramolecular Hbond substituents is 1. The fraction of sp³-hybridized carbons (Fsp3) is 0.0476. The Morgan fingerprint density at radius 3 is 2.54 bits per heavy atom. The molecule has 4 nitrogen and oxygen atoms in total. The van der Waals surface area contributed by atoms with Gasteiger partial charge < -0.3 is 5.11 Å². The Morgan fingerprint density at radius 1 is 1.00 bits per heavy atom. The fourth-order valence-corrected chi connectivity index (χ4v) is 3.27. The Hall–Kier alpha value is -2.53. The number of carbonyl (C=O) groups excluding carboxylic acids is 1. The van der Waals surface area contributed by atoms with Crippen molar-refractivity contribution in [2.45, 2.75) is 6.42 Å². The molecule has 3 rings (SSSR count). The summed E-state index contributed by atoms with van der Waals surface area (Å²) in [5.41, 5.74) is 5.02. The van der Waals surface area contributed by atoms with Crippen molar-refractivity contribution in [1.82, 2.24) is 5.43 Å². The first-order valence-electron chi connectivity index (χ1n) is 8.28. The van der Waals surface area contributed by atoms with Crippen LogP contribution in [0.1, 0.15) is 27.0 Å². The highest BCUT2D eigenvalue weighted by atomic mass is 35.5. The minimum atomic E-state index is -0.482. The molecule has 0 heterocycles. The average Bonchev–Trinajstić information content (AvgIpc) is 2.66. The number of hydrogen-bond donors (Lipinski definition) is 2. The lowest BCUT2D eigenvalue weighted by Gasteiger charge is -2.07. The highest BCUT2D eigenvalue weighted by Crippen LogP contribution is 2.23. The van der Waals surface area contributed by atoms with Crippen LogP contribution in [0.25, 0.3) is 0 Å². The van der Waals surface area contributed by atoms with Gasteiger partial charge in [-0.25, -0.2) is 5.43 Å². The minimum absolute atomic E-state index is 0.0467. The van der Waals surface area contributed by atoms with Crippen molar-refractivity contribution in [3.05, 3.63) is 98.0 Å². The van der Waals surface area contributed by atoms with Crippen molar-refractivity contribution >= 4 is 46.9 Å². The Balaban J connectivity index is 1.73. The van der Waals surface area contributed by atoms with E-state index < -0.39 is 5.91 Å². The quantitative estimate of drug-likeness (QED) is 0.400. The third-order valence-electron chi connectivity index (χ3n) is 3.99. The van der Waals surface area contributed by atoms with E-state index in [0.717, 1.165) is 11.1 Å². The maximum Gasteiger partial charge on any atom is 0.272 e. The van der Waals surface area contributed by atoms with Gasteiger partial charge in [0, 0.05) is 15.6 Å². The molecule has 0 radical (unpaired) electrons. The standard InChI is InChI=1S/C21H15Cl3N2O2/c22-16-6-7-17(19(24)11-16)21(28)26-25-12-15-10-13(5-8-20(15)27)9-14-3-1-2-4-18(14)23/h1-8,10-12,27H,9H2,(H,26,28). The molecule has 0 atom stereocenters. The molecule has 0 aliphatic carbocycles. The zero-order valence-corrected chi connectivity index (χ0v) is 16.8. The van der Waals surface area contributed by atoms with Crippen LogP contribution in [0.2, 0.25) is 15.1 Å². The van der Waals surface area contributed by atoms with Gasteiger partial charge in [-0.05, 0) is 53.9 Å². The molecule has 0 aliphatic rings. The summed E-state index contributed by atoms with van der Waals surface area (Å²) in [7, 11) is 0. The van der Waals surface area contributed by atoms with Gasteiger partial charge in [0.15, 0.2) is 0 Å². The van der Waals surface area contributed by atoms with Crippen molar-refractivity contribution in [2.75, 3.05) is 0 Å². The number of nitrogens with one attached hydrogen (secondary N) is 1. The third kappa shape index (κ3) is 5.04. The van der Waals surface area contributed by atoms with Crippen LogP contribution in [0.5, 0.6) is 5.75 Å². The highest BCUT2D eigenvalue weighted by Gasteiger charge is 2.10. The first-order valence-corrected chi connectivity index (χ1v) is 9.41. The van der Waals surface area contributed by atoms with Crippen LogP contribution in [0.4, 0.5) is 0 Å². The number of hydrogen-bond acceptors (Lipinski definition) is 3. The summed E-state index contributed by atoms with van der Waals surface area (Å²) in [5.74, 6) is -0.435. The molecule has 28 heavy (non-hydrogen) atoms. The molecular weight excluding hydrogens is 419 g/mol. The molecule has 3 aromatic carbocycles. The Bertz CT molecular complexity index is 1050. The van der Waals surface area contributed by atoms with Gasteiger partial charge >= 0.3 is 0 Å². The van der Waals surface area contributed by atoms with Crippen LogP contribution in [-0.2, 0) is 6.42 Å². The van der Waals surface area contributed by atoms with E-state index in [4.69, 9.17) is 34.8 Å². The van der Waals surface area contributed by atoms with Crippen LogP contribution in [0.15, 0.2) is 65.8 Å². The van der Waals surface area contributed by atoms with Crippen LogP contribution in [-0.4, -0.2) is 17.2 Å². The molecule has 0 fully saturated rings. The lowest BCUT2D eigenvalue weighted by molar-refractivity contribution is 0.0955. The van der Waals surface area contributed by atoms with Gasteiger partial charge in [-0.3, -0.25) is 4.79 Å².